The summed E-state index contributed by atoms with van der Waals surface area (Å²) in [5, 5.41) is 4.92. The third-order valence-electron chi connectivity index (χ3n) is 5.42. The number of amides is 1. The van der Waals surface area contributed by atoms with Gasteiger partial charge in [-0.2, -0.15) is 4.37 Å². The second kappa shape index (κ2) is 10.5. The zero-order valence-electron chi connectivity index (χ0n) is 19.7. The number of carbonyl (C=O) groups excluding carboxylic acids is 1. The Bertz CT molecular complexity index is 1100. The van der Waals surface area contributed by atoms with Crippen molar-refractivity contribution in [3.05, 3.63) is 35.7 Å². The van der Waals surface area contributed by atoms with Crippen LogP contribution in [-0.2, 0) is 4.79 Å². The highest BCUT2D eigenvalue weighted by Crippen LogP contribution is 2.44. The molecule has 1 atom stereocenters. The summed E-state index contributed by atoms with van der Waals surface area (Å²) in [5.41, 5.74) is 7.92. The van der Waals surface area contributed by atoms with Crippen LogP contribution in [0.25, 0.3) is 22.4 Å². The van der Waals surface area contributed by atoms with E-state index in [0.29, 0.717) is 28.7 Å². The number of ether oxygens (including phenoxy) is 4. The molecule has 176 valence electrons. The first-order valence-corrected chi connectivity index (χ1v) is 11.2. The maximum absolute atomic E-state index is 12.6. The highest BCUT2D eigenvalue weighted by molar-refractivity contribution is 7.04. The van der Waals surface area contributed by atoms with Gasteiger partial charge in [0.05, 0.1) is 39.8 Å². The summed E-state index contributed by atoms with van der Waals surface area (Å²) in [4.78, 5) is 12.6. The summed E-state index contributed by atoms with van der Waals surface area (Å²) in [6, 6.07) is 8.99. The van der Waals surface area contributed by atoms with E-state index in [1.165, 1.54) is 11.5 Å². The number of hydrogen-bond acceptors (Lipinski definition) is 7. The molecule has 0 aliphatic heterocycles. The first-order chi connectivity index (χ1) is 15.8. The summed E-state index contributed by atoms with van der Waals surface area (Å²) in [7, 11) is 6.29. The third-order valence-corrected chi connectivity index (χ3v) is 6.05. The summed E-state index contributed by atoms with van der Waals surface area (Å²) < 4.78 is 26.5. The lowest BCUT2D eigenvalue weighted by molar-refractivity contribution is -0.412. The topological polar surface area (TPSA) is 107 Å². The molecule has 0 aliphatic rings. The van der Waals surface area contributed by atoms with Crippen LogP contribution in [0, 0.1) is 5.92 Å². The predicted octanol–water partition coefficient (Wildman–Crippen LogP) is 3.72. The molecule has 4 N–H and O–H groups in total. The molecule has 0 aliphatic carbocycles. The van der Waals surface area contributed by atoms with E-state index in [4.69, 9.17) is 18.9 Å². The summed E-state index contributed by atoms with van der Waals surface area (Å²) in [6.07, 6.45) is 0. The van der Waals surface area contributed by atoms with Gasteiger partial charge in [0, 0.05) is 22.4 Å². The van der Waals surface area contributed by atoms with Crippen molar-refractivity contribution in [1.29, 1.82) is 0 Å². The molecule has 0 saturated heterocycles. The average Bonchev–Trinajstić information content (AvgIpc) is 3.32. The Labute approximate surface area is 197 Å². The van der Waals surface area contributed by atoms with Crippen LogP contribution in [-0.4, -0.2) is 44.8 Å². The average molecular weight is 473 g/mol. The molecule has 0 spiro atoms. The number of anilines is 1. The molecule has 0 fully saturated rings. The van der Waals surface area contributed by atoms with Gasteiger partial charge in [-0.25, -0.2) is 0 Å². The van der Waals surface area contributed by atoms with Crippen molar-refractivity contribution in [3.8, 4) is 45.4 Å². The molecule has 0 unspecified atom stereocenters. The predicted molar refractivity (Wildman–Crippen MR) is 129 cm³/mol. The van der Waals surface area contributed by atoms with Gasteiger partial charge in [0.15, 0.2) is 17.5 Å². The fourth-order valence-electron chi connectivity index (χ4n) is 3.37. The van der Waals surface area contributed by atoms with Crippen LogP contribution in [0.1, 0.15) is 13.8 Å². The second-order valence-corrected chi connectivity index (χ2v) is 8.37. The molecule has 0 radical (unpaired) electrons. The van der Waals surface area contributed by atoms with Crippen LogP contribution in [0.4, 0.5) is 5.69 Å². The lowest BCUT2D eigenvalue weighted by Gasteiger charge is -2.16. The van der Waals surface area contributed by atoms with Crippen LogP contribution in [0.15, 0.2) is 35.7 Å². The minimum atomic E-state index is -0.379. The van der Waals surface area contributed by atoms with Crippen molar-refractivity contribution >= 4 is 23.1 Å². The summed E-state index contributed by atoms with van der Waals surface area (Å²) in [6.45, 7) is 3.93. The van der Waals surface area contributed by atoms with Gasteiger partial charge in [0.2, 0.25) is 5.75 Å². The maximum atomic E-state index is 12.6. The number of nitrogens with zero attached hydrogens (tertiary/aromatic N) is 1. The molecule has 1 heterocycles. The van der Waals surface area contributed by atoms with E-state index < -0.39 is 0 Å². The largest absolute Gasteiger partial charge is 0.495 e. The van der Waals surface area contributed by atoms with Gasteiger partial charge in [-0.05, 0) is 41.4 Å². The molecule has 0 bridgehead atoms. The highest BCUT2D eigenvalue weighted by Gasteiger charge is 2.23. The van der Waals surface area contributed by atoms with Gasteiger partial charge in [-0.15, -0.1) is 0 Å². The Balaban J connectivity index is 2.06. The van der Waals surface area contributed by atoms with Gasteiger partial charge in [-0.1, -0.05) is 19.9 Å². The van der Waals surface area contributed by atoms with Crippen molar-refractivity contribution < 1.29 is 29.5 Å². The van der Waals surface area contributed by atoms with Crippen molar-refractivity contribution in [1.82, 2.24) is 4.37 Å². The van der Waals surface area contributed by atoms with Gasteiger partial charge >= 0.3 is 0 Å². The molecule has 33 heavy (non-hydrogen) atoms. The van der Waals surface area contributed by atoms with Gasteiger partial charge in [-0.3, -0.25) is 4.79 Å². The number of rotatable bonds is 9. The lowest BCUT2D eigenvalue weighted by atomic mass is 10.00. The van der Waals surface area contributed by atoms with Gasteiger partial charge < -0.3 is 30.0 Å². The Morgan fingerprint density at radius 2 is 1.58 bits per heavy atom. The van der Waals surface area contributed by atoms with Crippen molar-refractivity contribution in [2.24, 2.45) is 5.92 Å². The lowest BCUT2D eigenvalue weighted by Crippen LogP contribution is -2.68. The zero-order valence-corrected chi connectivity index (χ0v) is 20.5. The number of carbonyl (C=O) groups is 1. The quantitative estimate of drug-likeness (QED) is 0.492. The van der Waals surface area contributed by atoms with Crippen molar-refractivity contribution in [2.75, 3.05) is 33.8 Å². The molecule has 3 rings (SSSR count). The first-order valence-electron chi connectivity index (χ1n) is 10.4. The monoisotopic (exact) mass is 472 g/mol. The van der Waals surface area contributed by atoms with Crippen LogP contribution in [0.2, 0.25) is 0 Å². The molecular formula is C24H30N3O5S+. The molecule has 8 nitrogen and oxygen atoms in total. The van der Waals surface area contributed by atoms with Crippen LogP contribution in [0.3, 0.4) is 0 Å². The maximum Gasteiger partial charge on any atom is 0.282 e. The molecule has 0 saturated carbocycles. The Hall–Kier alpha value is -3.30. The smallest absolute Gasteiger partial charge is 0.282 e. The van der Waals surface area contributed by atoms with Gasteiger partial charge in [0.25, 0.3) is 5.91 Å². The van der Waals surface area contributed by atoms with E-state index in [1.807, 2.05) is 49.6 Å². The zero-order chi connectivity index (χ0) is 24.1. The van der Waals surface area contributed by atoms with Crippen LogP contribution < -0.4 is 30.0 Å². The van der Waals surface area contributed by atoms with E-state index in [1.54, 1.807) is 28.4 Å². The number of methoxy groups -OCH3 is 4. The normalized spacial score (nSPS) is 11.8. The van der Waals surface area contributed by atoms with E-state index in [0.717, 1.165) is 22.4 Å². The van der Waals surface area contributed by atoms with E-state index in [2.05, 4.69) is 15.4 Å². The molecule has 1 aromatic heterocycles. The third kappa shape index (κ3) is 5.04. The Morgan fingerprint density at radius 1 is 0.939 bits per heavy atom. The standard InChI is InChI=1S/C24H29N3O5S/c1-13(2)21(25)24(28)26-17-9-14(7-8-18(17)29-3)16-12-33-27-22(16)15-10-19(30-4)23(32-6)20(11-15)31-5/h7-13,21H,25H2,1-6H3,(H,26,28)/p+1/t21-/m0/s1. The number of quaternary nitrogens is 1. The first kappa shape index (κ1) is 24.3. The van der Waals surface area contributed by atoms with E-state index >= 15 is 0 Å². The molecule has 3 aromatic rings. The summed E-state index contributed by atoms with van der Waals surface area (Å²) in [5.74, 6) is 2.14. The molecular weight excluding hydrogens is 442 g/mol. The number of nitrogens with one attached hydrogen (secondary N) is 1. The fraction of sp³-hybridized carbons (Fsp3) is 0.333. The SMILES string of the molecule is COc1ccc(-c2csnc2-c2cc(OC)c(OC)c(OC)c2)cc1NC(=O)[C@@H]([NH3+])C(C)C. The number of hydrogen-bond donors (Lipinski definition) is 2. The molecule has 1 amide bonds. The molecule has 9 heteroatoms. The van der Waals surface area contributed by atoms with E-state index in [9.17, 15) is 4.79 Å². The second-order valence-electron chi connectivity index (χ2n) is 7.75. The number of benzene rings is 2. The Kier molecular flexibility index (Phi) is 7.78. The van der Waals surface area contributed by atoms with Crippen LogP contribution >= 0.6 is 11.5 Å². The summed E-state index contributed by atoms with van der Waals surface area (Å²) >= 11 is 1.34. The fourth-order valence-corrected chi connectivity index (χ4v) is 4.08. The molecule has 2 aromatic carbocycles. The Morgan fingerprint density at radius 3 is 2.12 bits per heavy atom. The number of aromatic nitrogens is 1. The van der Waals surface area contributed by atoms with E-state index in [-0.39, 0.29) is 17.9 Å². The van der Waals surface area contributed by atoms with Crippen molar-refractivity contribution in [3.63, 3.8) is 0 Å². The van der Waals surface area contributed by atoms with Crippen molar-refractivity contribution in [2.45, 2.75) is 19.9 Å². The minimum Gasteiger partial charge on any atom is -0.495 e. The van der Waals surface area contributed by atoms with Gasteiger partial charge in [0.1, 0.15) is 5.75 Å². The minimum absolute atomic E-state index is 0.117. The highest BCUT2D eigenvalue weighted by atomic mass is 32.1. The van der Waals surface area contributed by atoms with Crippen LogP contribution in [0.5, 0.6) is 23.0 Å².